The van der Waals surface area contributed by atoms with E-state index in [1.165, 1.54) is 18.4 Å². The Labute approximate surface area is 145 Å². The van der Waals surface area contributed by atoms with Gasteiger partial charge in [-0.3, -0.25) is 0 Å². The molecule has 1 atom stereocenters. The van der Waals surface area contributed by atoms with Crippen molar-refractivity contribution in [3.8, 4) is 17.2 Å². The molecular weight excluding hydrogens is 350 g/mol. The van der Waals surface area contributed by atoms with Gasteiger partial charge in [0.1, 0.15) is 17.5 Å². The molecule has 0 radical (unpaired) electrons. The predicted octanol–water partition coefficient (Wildman–Crippen LogP) is 4.87. The summed E-state index contributed by atoms with van der Waals surface area (Å²) in [6.07, 6.45) is 5.52. The van der Waals surface area contributed by atoms with Crippen LogP contribution >= 0.6 is 15.9 Å². The normalized spacial score (nSPS) is 16.7. The molecule has 0 saturated heterocycles. The van der Waals surface area contributed by atoms with Crippen molar-refractivity contribution in [2.75, 3.05) is 5.73 Å². The fourth-order valence-electron chi connectivity index (χ4n) is 3.58. The summed E-state index contributed by atoms with van der Waals surface area (Å²) in [6, 6.07) is 10.3. The van der Waals surface area contributed by atoms with E-state index < -0.39 is 0 Å². The Bertz CT molecular complexity index is 777. The summed E-state index contributed by atoms with van der Waals surface area (Å²) in [7, 11) is 0. The zero-order valence-corrected chi connectivity index (χ0v) is 14.9. The van der Waals surface area contributed by atoms with Crippen LogP contribution in [0.15, 0.2) is 28.7 Å². The van der Waals surface area contributed by atoms with E-state index in [0.29, 0.717) is 17.3 Å². The first kappa shape index (κ1) is 16.0. The van der Waals surface area contributed by atoms with E-state index in [4.69, 9.17) is 5.73 Å². The first-order chi connectivity index (χ1) is 11.2. The molecule has 0 bridgehead atoms. The van der Waals surface area contributed by atoms with Gasteiger partial charge in [0.05, 0.1) is 0 Å². The number of rotatable bonds is 3. The van der Waals surface area contributed by atoms with Crippen LogP contribution in [0.1, 0.15) is 43.0 Å². The summed E-state index contributed by atoms with van der Waals surface area (Å²) >= 11 is 3.62. The molecule has 118 valence electrons. The predicted molar refractivity (Wildman–Crippen MR) is 96.9 cm³/mol. The summed E-state index contributed by atoms with van der Waals surface area (Å²) < 4.78 is 0.988. The van der Waals surface area contributed by atoms with Crippen LogP contribution in [0.25, 0.3) is 11.1 Å². The largest absolute Gasteiger partial charge is 0.383 e. The number of aromatic nitrogens is 1. The Hall–Kier alpha value is -1.86. The van der Waals surface area contributed by atoms with Gasteiger partial charge in [-0.15, -0.1) is 0 Å². The Morgan fingerprint density at radius 1 is 1.39 bits per heavy atom. The lowest BCUT2D eigenvalue weighted by Crippen LogP contribution is -2.18. The molecule has 1 heterocycles. The second kappa shape index (κ2) is 6.72. The number of aryl methyl sites for hydroxylation is 1. The smallest absolute Gasteiger partial charge is 0.142 e. The highest BCUT2D eigenvalue weighted by atomic mass is 79.9. The molecule has 0 fully saturated rings. The van der Waals surface area contributed by atoms with Crippen molar-refractivity contribution in [2.24, 2.45) is 5.92 Å². The van der Waals surface area contributed by atoms with Crippen molar-refractivity contribution < 1.29 is 0 Å². The van der Waals surface area contributed by atoms with E-state index in [0.717, 1.165) is 40.6 Å². The Morgan fingerprint density at radius 3 is 2.87 bits per heavy atom. The lowest BCUT2D eigenvalue weighted by Gasteiger charge is -2.27. The number of halogens is 1. The highest BCUT2D eigenvalue weighted by Gasteiger charge is 2.26. The minimum Gasteiger partial charge on any atom is -0.383 e. The van der Waals surface area contributed by atoms with Crippen LogP contribution in [-0.4, -0.2) is 4.98 Å². The number of nitrogen functional groups attached to an aromatic ring is 1. The fraction of sp³-hybridized carbons (Fsp3) is 0.368. The minimum absolute atomic E-state index is 0.353. The fourth-order valence-corrected chi connectivity index (χ4v) is 4.06. The number of hydrogen-bond acceptors (Lipinski definition) is 3. The number of fused-ring (bicyclic) bond motifs is 1. The Morgan fingerprint density at radius 2 is 2.17 bits per heavy atom. The van der Waals surface area contributed by atoms with E-state index in [-0.39, 0.29) is 0 Å². The molecule has 1 aliphatic rings. The first-order valence-corrected chi connectivity index (χ1v) is 8.91. The van der Waals surface area contributed by atoms with E-state index in [9.17, 15) is 5.26 Å². The van der Waals surface area contributed by atoms with E-state index in [2.05, 4.69) is 33.9 Å². The van der Waals surface area contributed by atoms with Gasteiger partial charge >= 0.3 is 0 Å². The lowest BCUT2D eigenvalue weighted by molar-refractivity contribution is 0.419. The summed E-state index contributed by atoms with van der Waals surface area (Å²) in [6.45, 7) is 2.23. The molecule has 0 aliphatic heterocycles. The van der Waals surface area contributed by atoms with Gasteiger partial charge in [0.15, 0.2) is 0 Å². The van der Waals surface area contributed by atoms with Crippen molar-refractivity contribution in [1.29, 1.82) is 5.26 Å². The zero-order chi connectivity index (χ0) is 16.4. The summed E-state index contributed by atoms with van der Waals surface area (Å²) in [5.41, 5.74) is 10.9. The van der Waals surface area contributed by atoms with Crippen molar-refractivity contribution >= 4 is 21.7 Å². The molecule has 23 heavy (non-hydrogen) atoms. The van der Waals surface area contributed by atoms with Crippen LogP contribution in [0.3, 0.4) is 0 Å². The number of nitrogens with zero attached hydrogens (tertiary/aromatic N) is 2. The van der Waals surface area contributed by atoms with Crippen molar-refractivity contribution in [3.05, 3.63) is 45.6 Å². The second-order valence-electron chi connectivity index (χ2n) is 6.16. The third-order valence-electron chi connectivity index (χ3n) is 4.65. The molecule has 0 spiro atoms. The molecule has 3 nitrogen and oxygen atoms in total. The summed E-state index contributed by atoms with van der Waals surface area (Å²) in [5.74, 6) is 1.02. The molecule has 0 saturated carbocycles. The number of hydrogen-bond donors (Lipinski definition) is 1. The van der Waals surface area contributed by atoms with Gasteiger partial charge < -0.3 is 5.73 Å². The molecule has 1 aromatic carbocycles. The minimum atomic E-state index is 0.353. The van der Waals surface area contributed by atoms with Gasteiger partial charge in [-0.25, -0.2) is 4.98 Å². The van der Waals surface area contributed by atoms with Crippen LogP contribution in [0.5, 0.6) is 0 Å². The summed E-state index contributed by atoms with van der Waals surface area (Å²) in [5, 5.41) is 9.64. The maximum Gasteiger partial charge on any atom is 0.142 e. The molecule has 0 amide bonds. The van der Waals surface area contributed by atoms with E-state index >= 15 is 0 Å². The molecule has 1 aromatic heterocycles. The lowest BCUT2D eigenvalue weighted by atomic mass is 9.79. The maximum absolute atomic E-state index is 9.64. The topological polar surface area (TPSA) is 62.7 Å². The van der Waals surface area contributed by atoms with Gasteiger partial charge in [-0.2, -0.15) is 5.26 Å². The molecule has 1 aliphatic carbocycles. The first-order valence-electron chi connectivity index (χ1n) is 8.11. The van der Waals surface area contributed by atoms with Crippen LogP contribution in [0.4, 0.5) is 5.82 Å². The van der Waals surface area contributed by atoms with Crippen molar-refractivity contribution in [1.82, 2.24) is 4.98 Å². The van der Waals surface area contributed by atoms with Crippen molar-refractivity contribution in [3.63, 3.8) is 0 Å². The maximum atomic E-state index is 9.64. The van der Waals surface area contributed by atoms with Gasteiger partial charge in [-0.05, 0) is 42.4 Å². The molecular formula is C19H20BrN3. The van der Waals surface area contributed by atoms with Crippen LogP contribution in [0.2, 0.25) is 0 Å². The number of anilines is 1. The van der Waals surface area contributed by atoms with Gasteiger partial charge in [0.25, 0.3) is 0 Å². The van der Waals surface area contributed by atoms with Crippen molar-refractivity contribution in [2.45, 2.75) is 39.0 Å². The molecule has 2 N–H and O–H groups in total. The number of pyridine rings is 1. The zero-order valence-electron chi connectivity index (χ0n) is 13.3. The van der Waals surface area contributed by atoms with Crippen LogP contribution in [-0.2, 0) is 12.8 Å². The van der Waals surface area contributed by atoms with Crippen LogP contribution < -0.4 is 5.73 Å². The standard InChI is InChI=1S/C19H20BrN3/c1-2-5-12-8-9-17-14(10-12)18(15(11-21)19(22)23-17)13-6-3-4-7-16(13)20/h3-4,6-7,12H,2,5,8-10H2,1H3,(H2,22,23). The number of nitriles is 1. The average Bonchev–Trinajstić information content (AvgIpc) is 2.55. The molecule has 4 heteroatoms. The highest BCUT2D eigenvalue weighted by Crippen LogP contribution is 2.40. The Kier molecular flexibility index (Phi) is 4.68. The quantitative estimate of drug-likeness (QED) is 0.838. The van der Waals surface area contributed by atoms with Gasteiger partial charge in [0, 0.05) is 15.7 Å². The SMILES string of the molecule is CCCC1CCc2nc(N)c(C#N)c(-c3ccccc3Br)c2C1. The third-order valence-corrected chi connectivity index (χ3v) is 5.34. The van der Waals surface area contributed by atoms with Crippen LogP contribution in [0, 0.1) is 17.2 Å². The second-order valence-corrected chi connectivity index (χ2v) is 7.02. The third kappa shape index (κ3) is 2.98. The number of benzene rings is 1. The molecule has 3 rings (SSSR count). The average molecular weight is 370 g/mol. The summed E-state index contributed by atoms with van der Waals surface area (Å²) in [4.78, 5) is 4.53. The van der Waals surface area contributed by atoms with E-state index in [1.54, 1.807) is 0 Å². The number of nitrogens with two attached hydrogens (primary N) is 1. The van der Waals surface area contributed by atoms with Gasteiger partial charge in [-0.1, -0.05) is 53.9 Å². The molecule has 1 unspecified atom stereocenters. The van der Waals surface area contributed by atoms with E-state index in [1.807, 2.05) is 24.3 Å². The molecule has 2 aromatic rings. The Balaban J connectivity index is 2.23. The monoisotopic (exact) mass is 369 g/mol. The van der Waals surface area contributed by atoms with Gasteiger partial charge in [0.2, 0.25) is 0 Å². The highest BCUT2D eigenvalue weighted by molar-refractivity contribution is 9.10.